The second-order valence-electron chi connectivity index (χ2n) is 5.68. The molecule has 0 saturated carbocycles. The number of hydrogen-bond acceptors (Lipinski definition) is 4. The molecule has 1 aromatic rings. The quantitative estimate of drug-likeness (QED) is 0.733. The van der Waals surface area contributed by atoms with Crippen molar-refractivity contribution >= 4 is 11.8 Å². The van der Waals surface area contributed by atoms with Gasteiger partial charge >= 0.3 is 0 Å². The maximum atomic E-state index is 5.77. The third-order valence-corrected chi connectivity index (χ3v) is 5.18. The van der Waals surface area contributed by atoms with Gasteiger partial charge in [-0.3, -0.25) is 4.90 Å². The van der Waals surface area contributed by atoms with E-state index in [2.05, 4.69) is 23.0 Å². The molecule has 0 spiro atoms. The highest BCUT2D eigenvalue weighted by Gasteiger charge is 2.16. The average molecular weight is 308 g/mol. The second kappa shape index (κ2) is 9.34. The van der Waals surface area contributed by atoms with E-state index in [1.807, 2.05) is 42.1 Å². The summed E-state index contributed by atoms with van der Waals surface area (Å²) in [6.45, 7) is 10.1. The van der Waals surface area contributed by atoms with Crippen LogP contribution < -0.4 is 4.74 Å². The summed E-state index contributed by atoms with van der Waals surface area (Å²) in [7, 11) is 0. The molecule has 0 aromatic heterocycles. The molecular formula is C17H28N2OS. The zero-order valence-corrected chi connectivity index (χ0v) is 14.1. The molecule has 3 nitrogen and oxygen atoms in total. The van der Waals surface area contributed by atoms with Crippen molar-refractivity contribution in [1.29, 1.82) is 0 Å². The first kappa shape index (κ1) is 16.7. The first-order valence-corrected chi connectivity index (χ1v) is 9.22. The fourth-order valence-corrected chi connectivity index (χ4v) is 2.87. The van der Waals surface area contributed by atoms with Gasteiger partial charge in [-0.1, -0.05) is 25.1 Å². The summed E-state index contributed by atoms with van der Waals surface area (Å²) in [6, 6.07) is 10.1. The highest BCUT2D eigenvalue weighted by Crippen LogP contribution is 2.12. The van der Waals surface area contributed by atoms with Gasteiger partial charge in [-0.15, -0.1) is 0 Å². The number of piperazine rings is 1. The molecule has 118 valence electrons. The maximum absolute atomic E-state index is 5.77. The molecule has 1 aromatic carbocycles. The third kappa shape index (κ3) is 6.29. The Morgan fingerprint density at radius 1 is 1.05 bits per heavy atom. The van der Waals surface area contributed by atoms with E-state index in [9.17, 15) is 0 Å². The second-order valence-corrected chi connectivity index (χ2v) is 6.96. The lowest BCUT2D eigenvalue weighted by molar-refractivity contribution is 0.116. The molecular weight excluding hydrogens is 280 g/mol. The van der Waals surface area contributed by atoms with Crippen molar-refractivity contribution in [3.63, 3.8) is 0 Å². The average Bonchev–Trinajstić information content (AvgIpc) is 2.55. The van der Waals surface area contributed by atoms with Crippen LogP contribution in [0.4, 0.5) is 0 Å². The van der Waals surface area contributed by atoms with Crippen molar-refractivity contribution in [1.82, 2.24) is 9.80 Å². The molecule has 0 bridgehead atoms. The summed E-state index contributed by atoms with van der Waals surface area (Å²) >= 11 is 1.97. The third-order valence-electron chi connectivity index (χ3n) is 4.14. The van der Waals surface area contributed by atoms with E-state index in [-0.39, 0.29) is 0 Å². The largest absolute Gasteiger partial charge is 0.492 e. The topological polar surface area (TPSA) is 15.7 Å². The first-order chi connectivity index (χ1) is 10.3. The van der Waals surface area contributed by atoms with E-state index in [0.29, 0.717) is 0 Å². The number of para-hydroxylation sites is 1. The molecule has 1 aliphatic rings. The minimum atomic E-state index is 0.780. The van der Waals surface area contributed by atoms with Crippen molar-refractivity contribution < 1.29 is 4.74 Å². The van der Waals surface area contributed by atoms with Crippen LogP contribution in [0.25, 0.3) is 0 Å². The first-order valence-electron chi connectivity index (χ1n) is 7.93. The Labute approximate surface area is 133 Å². The normalized spacial score (nSPS) is 18.6. The lowest BCUT2D eigenvalue weighted by atomic mass is 10.2. The van der Waals surface area contributed by atoms with Gasteiger partial charge in [-0.2, -0.15) is 11.8 Å². The summed E-state index contributed by atoms with van der Waals surface area (Å²) in [5.41, 5.74) is 0. The fraction of sp³-hybridized carbons (Fsp3) is 0.647. The maximum Gasteiger partial charge on any atom is 0.119 e. The van der Waals surface area contributed by atoms with Crippen LogP contribution in [0, 0.1) is 0 Å². The van der Waals surface area contributed by atoms with E-state index in [1.54, 1.807) is 0 Å². The van der Waals surface area contributed by atoms with Gasteiger partial charge < -0.3 is 9.64 Å². The summed E-state index contributed by atoms with van der Waals surface area (Å²) in [6.07, 6.45) is 3.51. The summed E-state index contributed by atoms with van der Waals surface area (Å²) in [4.78, 5) is 5.11. The number of thioether (sulfide) groups is 1. The smallest absolute Gasteiger partial charge is 0.119 e. The standard InChI is InChI=1S/C17H28N2OS/c1-16(21-2)8-9-18-10-12-19(13-11-18)14-15-20-17-6-4-3-5-7-17/h3-7,16H,8-15H2,1-2H3. The van der Waals surface area contributed by atoms with Crippen LogP contribution in [0.15, 0.2) is 30.3 Å². The van der Waals surface area contributed by atoms with E-state index in [4.69, 9.17) is 4.74 Å². The van der Waals surface area contributed by atoms with Gasteiger partial charge in [0.25, 0.3) is 0 Å². The minimum Gasteiger partial charge on any atom is -0.492 e. The molecule has 0 aliphatic carbocycles. The molecule has 0 N–H and O–H groups in total. The number of nitrogens with zero attached hydrogens (tertiary/aromatic N) is 2. The van der Waals surface area contributed by atoms with Gasteiger partial charge in [0.1, 0.15) is 12.4 Å². The van der Waals surface area contributed by atoms with Crippen LogP contribution in [0.5, 0.6) is 5.75 Å². The Kier molecular flexibility index (Phi) is 7.41. The van der Waals surface area contributed by atoms with Gasteiger partial charge in [0.15, 0.2) is 0 Å². The molecule has 1 saturated heterocycles. The molecule has 4 heteroatoms. The Hall–Kier alpha value is -0.710. The summed E-state index contributed by atoms with van der Waals surface area (Å²) in [5.74, 6) is 0.974. The van der Waals surface area contributed by atoms with Crippen LogP contribution in [0.3, 0.4) is 0 Å². The van der Waals surface area contributed by atoms with Crippen molar-refractivity contribution in [3.05, 3.63) is 30.3 Å². The number of benzene rings is 1. The monoisotopic (exact) mass is 308 g/mol. The molecule has 0 radical (unpaired) electrons. The van der Waals surface area contributed by atoms with Crippen LogP contribution in [0.2, 0.25) is 0 Å². The van der Waals surface area contributed by atoms with Crippen molar-refractivity contribution in [3.8, 4) is 5.75 Å². The molecule has 1 heterocycles. The molecule has 1 fully saturated rings. The molecule has 2 rings (SSSR count). The fourth-order valence-electron chi connectivity index (χ4n) is 2.53. The highest BCUT2D eigenvalue weighted by molar-refractivity contribution is 7.99. The highest BCUT2D eigenvalue weighted by atomic mass is 32.2. The number of rotatable bonds is 8. The van der Waals surface area contributed by atoms with E-state index < -0.39 is 0 Å². The predicted molar refractivity (Wildman–Crippen MR) is 92.4 cm³/mol. The Morgan fingerprint density at radius 3 is 2.29 bits per heavy atom. The zero-order valence-electron chi connectivity index (χ0n) is 13.3. The zero-order chi connectivity index (χ0) is 14.9. The molecule has 1 unspecified atom stereocenters. The Morgan fingerprint density at radius 2 is 1.67 bits per heavy atom. The Bertz CT molecular complexity index is 380. The molecule has 0 amide bonds. The minimum absolute atomic E-state index is 0.780. The number of ether oxygens (including phenoxy) is 1. The van der Waals surface area contributed by atoms with Gasteiger partial charge in [-0.05, 0) is 31.4 Å². The van der Waals surface area contributed by atoms with Crippen molar-refractivity contribution in [2.24, 2.45) is 0 Å². The molecule has 1 aliphatic heterocycles. The van der Waals surface area contributed by atoms with Gasteiger partial charge in [0, 0.05) is 38.0 Å². The summed E-state index contributed by atoms with van der Waals surface area (Å²) in [5, 5.41) is 0.780. The van der Waals surface area contributed by atoms with E-state index >= 15 is 0 Å². The Balaban J connectivity index is 1.57. The van der Waals surface area contributed by atoms with E-state index in [1.165, 1.54) is 39.1 Å². The lowest BCUT2D eigenvalue weighted by Gasteiger charge is -2.34. The summed E-state index contributed by atoms with van der Waals surface area (Å²) < 4.78 is 5.77. The van der Waals surface area contributed by atoms with Crippen LogP contribution in [0.1, 0.15) is 13.3 Å². The van der Waals surface area contributed by atoms with Gasteiger partial charge in [0.2, 0.25) is 0 Å². The van der Waals surface area contributed by atoms with Gasteiger partial charge in [0.05, 0.1) is 0 Å². The van der Waals surface area contributed by atoms with Crippen molar-refractivity contribution in [2.75, 3.05) is 52.1 Å². The molecule has 21 heavy (non-hydrogen) atoms. The van der Waals surface area contributed by atoms with Crippen molar-refractivity contribution in [2.45, 2.75) is 18.6 Å². The van der Waals surface area contributed by atoms with Crippen LogP contribution in [-0.2, 0) is 0 Å². The van der Waals surface area contributed by atoms with Crippen LogP contribution >= 0.6 is 11.8 Å². The predicted octanol–water partition coefficient (Wildman–Crippen LogP) is 2.82. The lowest BCUT2D eigenvalue weighted by Crippen LogP contribution is -2.47. The number of hydrogen-bond donors (Lipinski definition) is 0. The SMILES string of the molecule is CSC(C)CCN1CCN(CCOc2ccccc2)CC1. The van der Waals surface area contributed by atoms with E-state index in [0.717, 1.165) is 24.2 Å². The molecule has 1 atom stereocenters. The van der Waals surface area contributed by atoms with Gasteiger partial charge in [-0.25, -0.2) is 0 Å². The van der Waals surface area contributed by atoms with Crippen LogP contribution in [-0.4, -0.2) is 67.2 Å².